The van der Waals surface area contributed by atoms with Gasteiger partial charge in [-0.3, -0.25) is 4.90 Å². The molecule has 2 aliphatic rings. The van der Waals surface area contributed by atoms with Crippen LogP contribution < -0.4 is 5.32 Å². The number of halogens is 3. The molecule has 1 saturated heterocycles. The quantitative estimate of drug-likeness (QED) is 0.528. The van der Waals surface area contributed by atoms with Gasteiger partial charge in [0.1, 0.15) is 10.8 Å². The van der Waals surface area contributed by atoms with E-state index in [2.05, 4.69) is 34.3 Å². The Hall–Kier alpha value is -2.62. The lowest BCUT2D eigenvalue weighted by molar-refractivity contribution is -0.137. The van der Waals surface area contributed by atoms with Gasteiger partial charge in [-0.15, -0.1) is 11.3 Å². The van der Waals surface area contributed by atoms with E-state index in [4.69, 9.17) is 9.73 Å². The summed E-state index contributed by atoms with van der Waals surface area (Å²) in [6.07, 6.45) is -3.55. The average molecular weight is 475 g/mol. The van der Waals surface area contributed by atoms with E-state index < -0.39 is 11.7 Å². The minimum Gasteiger partial charge on any atom is -0.385 e. The Labute approximate surface area is 194 Å². The van der Waals surface area contributed by atoms with Gasteiger partial charge in [0.05, 0.1) is 22.5 Å². The molecule has 0 bridgehead atoms. The van der Waals surface area contributed by atoms with Crippen molar-refractivity contribution < 1.29 is 17.9 Å². The van der Waals surface area contributed by atoms with Gasteiger partial charge < -0.3 is 15.0 Å². The third-order valence-corrected chi connectivity index (χ3v) is 7.44. The number of alkyl halides is 3. The Kier molecular flexibility index (Phi) is 5.80. The molecule has 174 valence electrons. The van der Waals surface area contributed by atoms with Crippen LogP contribution in [0.25, 0.3) is 10.1 Å². The molecule has 1 aromatic heterocycles. The van der Waals surface area contributed by atoms with Crippen molar-refractivity contribution in [2.45, 2.75) is 18.6 Å². The zero-order valence-electron chi connectivity index (χ0n) is 18.4. The van der Waals surface area contributed by atoms with Crippen LogP contribution in [0, 0.1) is 0 Å². The summed E-state index contributed by atoms with van der Waals surface area (Å²) in [6.45, 7) is 2.97. The lowest BCUT2D eigenvalue weighted by Gasteiger charge is -2.41. The van der Waals surface area contributed by atoms with Crippen LogP contribution in [0.3, 0.4) is 0 Å². The Bertz CT molecular complexity index is 1210. The molecular weight excluding hydrogens is 449 g/mol. The van der Waals surface area contributed by atoms with Gasteiger partial charge >= 0.3 is 6.18 Å². The second kappa shape index (κ2) is 8.62. The van der Waals surface area contributed by atoms with E-state index >= 15 is 0 Å². The SMILES string of the molecule is COCC[C@H]1CN(C2=Nc3cc(C(F)(F)F)ccc3Nc3sc4ccccc4c32)CCN1C. The van der Waals surface area contributed by atoms with E-state index in [0.717, 1.165) is 64.7 Å². The fraction of sp³-hybridized carbons (Fsp3) is 0.375. The molecule has 5 rings (SSSR count). The summed E-state index contributed by atoms with van der Waals surface area (Å²) >= 11 is 1.60. The van der Waals surface area contributed by atoms with Gasteiger partial charge in [0.15, 0.2) is 0 Å². The van der Waals surface area contributed by atoms with Gasteiger partial charge in [-0.2, -0.15) is 13.2 Å². The predicted octanol–water partition coefficient (Wildman–Crippen LogP) is 5.71. The first-order chi connectivity index (χ1) is 15.8. The van der Waals surface area contributed by atoms with Crippen LogP contribution in [0.5, 0.6) is 0 Å². The first-order valence-corrected chi connectivity index (χ1v) is 11.7. The Morgan fingerprint density at radius 2 is 2.00 bits per heavy atom. The lowest BCUT2D eigenvalue weighted by atomic mass is 10.1. The van der Waals surface area contributed by atoms with Gasteiger partial charge in [0.2, 0.25) is 0 Å². The molecular formula is C24H25F3N4OS. The summed E-state index contributed by atoms with van der Waals surface area (Å²) < 4.78 is 46.7. The van der Waals surface area contributed by atoms with Gasteiger partial charge in [0, 0.05) is 49.5 Å². The van der Waals surface area contributed by atoms with Gasteiger partial charge in [-0.1, -0.05) is 18.2 Å². The first-order valence-electron chi connectivity index (χ1n) is 10.9. The molecule has 1 atom stereocenters. The summed E-state index contributed by atoms with van der Waals surface area (Å²) in [4.78, 5) is 9.41. The monoisotopic (exact) mass is 474 g/mol. The number of rotatable bonds is 3. The number of hydrogen-bond donors (Lipinski definition) is 1. The van der Waals surface area contributed by atoms with Gasteiger partial charge in [0.25, 0.3) is 0 Å². The summed E-state index contributed by atoms with van der Waals surface area (Å²) in [5, 5.41) is 5.33. The van der Waals surface area contributed by atoms with Crippen molar-refractivity contribution >= 4 is 43.6 Å². The molecule has 1 fully saturated rings. The summed E-state index contributed by atoms with van der Waals surface area (Å²) in [6, 6.07) is 12.1. The van der Waals surface area contributed by atoms with E-state index in [1.165, 1.54) is 6.07 Å². The minimum atomic E-state index is -4.42. The highest BCUT2D eigenvalue weighted by atomic mass is 32.1. The number of nitrogens with zero attached hydrogens (tertiary/aromatic N) is 3. The maximum Gasteiger partial charge on any atom is 0.416 e. The van der Waals surface area contributed by atoms with Gasteiger partial charge in [-0.25, -0.2) is 4.99 Å². The van der Waals surface area contributed by atoms with E-state index in [1.54, 1.807) is 18.4 Å². The van der Waals surface area contributed by atoms with Crippen LogP contribution in [0.1, 0.15) is 17.5 Å². The number of piperazine rings is 1. The molecule has 0 saturated carbocycles. The second-order valence-electron chi connectivity index (χ2n) is 8.45. The van der Waals surface area contributed by atoms with Crippen molar-refractivity contribution in [1.82, 2.24) is 9.80 Å². The third kappa shape index (κ3) is 4.20. The topological polar surface area (TPSA) is 40.1 Å². The number of anilines is 2. The smallest absolute Gasteiger partial charge is 0.385 e. The molecule has 2 aliphatic heterocycles. The van der Waals surface area contributed by atoms with Crippen LogP contribution in [0.15, 0.2) is 47.5 Å². The zero-order valence-corrected chi connectivity index (χ0v) is 19.3. The number of methoxy groups -OCH3 is 1. The Morgan fingerprint density at radius 1 is 1.18 bits per heavy atom. The lowest BCUT2D eigenvalue weighted by Crippen LogP contribution is -2.53. The molecule has 3 heterocycles. The summed E-state index contributed by atoms with van der Waals surface area (Å²) in [5.74, 6) is 0.726. The molecule has 0 spiro atoms. The van der Waals surface area contributed by atoms with E-state index in [1.807, 2.05) is 12.1 Å². The van der Waals surface area contributed by atoms with Crippen molar-refractivity contribution in [1.29, 1.82) is 0 Å². The number of aliphatic imine (C=N–C) groups is 1. The highest BCUT2D eigenvalue weighted by Crippen LogP contribution is 2.45. The summed E-state index contributed by atoms with van der Waals surface area (Å²) in [7, 11) is 3.80. The molecule has 1 N–H and O–H groups in total. The van der Waals surface area contributed by atoms with E-state index in [9.17, 15) is 13.2 Å². The predicted molar refractivity (Wildman–Crippen MR) is 127 cm³/mol. The molecule has 0 aliphatic carbocycles. The number of hydrogen-bond acceptors (Lipinski definition) is 6. The number of fused-ring (bicyclic) bond motifs is 4. The van der Waals surface area contributed by atoms with Crippen LogP contribution in [0.2, 0.25) is 0 Å². The molecule has 3 aromatic rings. The van der Waals surface area contributed by atoms with Crippen LogP contribution in [-0.4, -0.2) is 62.1 Å². The molecule has 0 radical (unpaired) electrons. The fourth-order valence-corrected chi connectivity index (χ4v) is 5.60. The molecule has 5 nitrogen and oxygen atoms in total. The minimum absolute atomic E-state index is 0.270. The van der Waals surface area contributed by atoms with Crippen molar-refractivity contribution in [3.05, 3.63) is 53.6 Å². The Morgan fingerprint density at radius 3 is 2.79 bits per heavy atom. The van der Waals surface area contributed by atoms with Crippen molar-refractivity contribution in [2.24, 2.45) is 4.99 Å². The molecule has 33 heavy (non-hydrogen) atoms. The van der Waals surface area contributed by atoms with Crippen molar-refractivity contribution in [3.63, 3.8) is 0 Å². The standard InChI is InChI=1S/C24H25F3N4OS/c1-30-10-11-31(14-16(30)9-12-32-2)22-21-17-5-3-4-6-20(17)33-23(21)29-18-8-7-15(24(25,26)27)13-19(18)28-22/h3-8,13,16,29H,9-12,14H2,1-2H3/t16-/m0/s1. The molecule has 0 unspecified atom stereocenters. The largest absolute Gasteiger partial charge is 0.416 e. The Balaban J connectivity index is 1.64. The maximum atomic E-state index is 13.4. The summed E-state index contributed by atoms with van der Waals surface area (Å²) in [5.41, 5.74) is 1.14. The molecule has 2 aromatic carbocycles. The third-order valence-electron chi connectivity index (χ3n) is 6.35. The van der Waals surface area contributed by atoms with E-state index in [0.29, 0.717) is 18.0 Å². The fourth-order valence-electron chi connectivity index (χ4n) is 4.49. The van der Waals surface area contributed by atoms with E-state index in [-0.39, 0.29) is 6.04 Å². The van der Waals surface area contributed by atoms with Gasteiger partial charge in [-0.05, 0) is 37.7 Å². The zero-order chi connectivity index (χ0) is 23.2. The number of ether oxygens (including phenoxy) is 1. The van der Waals surface area contributed by atoms with Crippen LogP contribution >= 0.6 is 11.3 Å². The second-order valence-corrected chi connectivity index (χ2v) is 9.51. The number of benzene rings is 2. The number of nitrogens with one attached hydrogen (secondary N) is 1. The number of thiophene rings is 1. The molecule has 0 amide bonds. The first kappa shape index (κ1) is 22.2. The highest BCUT2D eigenvalue weighted by Gasteiger charge is 2.34. The van der Waals surface area contributed by atoms with Crippen molar-refractivity contribution in [3.8, 4) is 0 Å². The van der Waals surface area contributed by atoms with Crippen LogP contribution in [-0.2, 0) is 10.9 Å². The number of likely N-dealkylation sites (N-methyl/N-ethyl adjacent to an activating group) is 1. The van der Waals surface area contributed by atoms with Crippen molar-refractivity contribution in [2.75, 3.05) is 45.7 Å². The average Bonchev–Trinajstić information content (AvgIpc) is 3.06. The number of amidine groups is 1. The normalized spacial score (nSPS) is 19.0. The van der Waals surface area contributed by atoms with Crippen LogP contribution in [0.4, 0.5) is 29.5 Å². The molecule has 9 heteroatoms. The highest BCUT2D eigenvalue weighted by molar-refractivity contribution is 7.23. The maximum absolute atomic E-state index is 13.4.